The smallest absolute Gasteiger partial charge is 0.310 e. The minimum atomic E-state index is -0.702. The minimum Gasteiger partial charge on any atom is -0.481 e. The summed E-state index contributed by atoms with van der Waals surface area (Å²) in [4.78, 5) is 20.9. The molecule has 2 aromatic rings. The van der Waals surface area contributed by atoms with E-state index >= 15 is 0 Å². The van der Waals surface area contributed by atoms with Gasteiger partial charge in [0.25, 0.3) is 0 Å². The van der Waals surface area contributed by atoms with Gasteiger partial charge in [-0.2, -0.15) is 5.10 Å². The second kappa shape index (κ2) is 10.1. The number of nitrogens with zero attached hydrogens (tertiary/aromatic N) is 3. The normalized spacial score (nSPS) is 41.1. The van der Waals surface area contributed by atoms with Crippen LogP contribution in [0.5, 0.6) is 0 Å². The van der Waals surface area contributed by atoms with Crippen molar-refractivity contribution in [2.75, 3.05) is 23.7 Å². The van der Waals surface area contributed by atoms with Gasteiger partial charge in [0.1, 0.15) is 11.6 Å². The molecule has 8 nitrogen and oxygen atoms in total. The van der Waals surface area contributed by atoms with Crippen molar-refractivity contribution in [3.8, 4) is 0 Å². The molecule has 6 N–H and O–H groups in total. The lowest BCUT2D eigenvalue weighted by Crippen LogP contribution is -2.65. The lowest BCUT2D eigenvalue weighted by atomic mass is 9.33. The van der Waals surface area contributed by atoms with Crippen molar-refractivity contribution in [1.82, 2.24) is 15.2 Å². The van der Waals surface area contributed by atoms with E-state index in [1.54, 1.807) is 0 Å². The van der Waals surface area contributed by atoms with Crippen molar-refractivity contribution in [3.63, 3.8) is 0 Å². The van der Waals surface area contributed by atoms with Crippen LogP contribution in [0.2, 0.25) is 0 Å². The largest absolute Gasteiger partial charge is 0.481 e. The molecule has 4 fully saturated rings. The summed E-state index contributed by atoms with van der Waals surface area (Å²) in [6.07, 6.45) is 11.6. The van der Waals surface area contributed by atoms with Crippen LogP contribution in [0.25, 0.3) is 5.57 Å². The first-order valence-electron chi connectivity index (χ1n) is 18.7. The topological polar surface area (TPSA) is 134 Å². The molecule has 0 aromatic carbocycles. The molecular weight excluding hydrogens is 596 g/mol. The number of hydrogen-bond donors (Lipinski definition) is 4. The van der Waals surface area contributed by atoms with Crippen molar-refractivity contribution in [3.05, 3.63) is 40.7 Å². The lowest BCUT2D eigenvalue weighted by Gasteiger charge is -2.71. The SMILES string of the molecule is CC1(C)CC[C@]2(C(=O)O)CC[C@]3(C)C(=C(c4ccc(N5CCC(N)C5)nc4)CC4[C@@]5(C)Cc6c(n[nH]c6N)C(C)(C)C5CC[C@]43C)C2C1. The summed E-state index contributed by atoms with van der Waals surface area (Å²) < 4.78 is 0. The molecular formula is C40H58N6O2. The zero-order chi connectivity index (χ0) is 34.2. The van der Waals surface area contributed by atoms with Gasteiger partial charge in [-0.15, -0.1) is 0 Å². The maximum absolute atomic E-state index is 13.5. The highest BCUT2D eigenvalue weighted by Gasteiger charge is 2.70. The molecule has 0 spiro atoms. The average molecular weight is 655 g/mol. The fourth-order valence-corrected chi connectivity index (χ4v) is 13.2. The highest BCUT2D eigenvalue weighted by molar-refractivity contribution is 5.80. The number of nitrogens with one attached hydrogen (secondary N) is 1. The van der Waals surface area contributed by atoms with Crippen molar-refractivity contribution in [2.45, 2.75) is 124 Å². The first kappa shape index (κ1) is 32.3. The van der Waals surface area contributed by atoms with Crippen LogP contribution < -0.4 is 16.4 Å². The Morgan fingerprint density at radius 3 is 2.42 bits per heavy atom. The van der Waals surface area contributed by atoms with Crippen LogP contribution in [0.4, 0.5) is 11.6 Å². The van der Waals surface area contributed by atoms with Crippen LogP contribution in [0, 0.1) is 44.8 Å². The molecule has 8 heteroatoms. The Kier molecular flexibility index (Phi) is 6.81. The molecule has 260 valence electrons. The number of nitrogen functional groups attached to an aromatic ring is 1. The molecule has 0 amide bonds. The first-order valence-corrected chi connectivity index (χ1v) is 18.7. The number of nitrogens with two attached hydrogens (primary N) is 2. The van der Waals surface area contributed by atoms with Gasteiger partial charge >= 0.3 is 5.97 Å². The third-order valence-corrected chi connectivity index (χ3v) is 16.0. The van der Waals surface area contributed by atoms with Gasteiger partial charge in [0.15, 0.2) is 0 Å². The lowest BCUT2D eigenvalue weighted by molar-refractivity contribution is -0.175. The summed E-state index contributed by atoms with van der Waals surface area (Å²) >= 11 is 0. The van der Waals surface area contributed by atoms with Gasteiger partial charge in [0.05, 0.1) is 11.1 Å². The summed E-state index contributed by atoms with van der Waals surface area (Å²) in [5.41, 5.74) is 18.5. The fraction of sp³-hybridized carbons (Fsp3) is 0.725. The minimum absolute atomic E-state index is 0.00745. The molecule has 0 bridgehead atoms. The molecule has 8 rings (SSSR count). The molecule has 5 aliphatic carbocycles. The number of pyridine rings is 1. The Morgan fingerprint density at radius 1 is 1.00 bits per heavy atom. The first-order chi connectivity index (χ1) is 22.5. The van der Waals surface area contributed by atoms with E-state index < -0.39 is 11.4 Å². The molecule has 1 saturated heterocycles. The maximum atomic E-state index is 13.5. The van der Waals surface area contributed by atoms with Crippen LogP contribution in [0.15, 0.2) is 23.9 Å². The van der Waals surface area contributed by atoms with Crippen molar-refractivity contribution in [2.24, 2.45) is 50.6 Å². The van der Waals surface area contributed by atoms with E-state index in [-0.39, 0.29) is 39.0 Å². The molecule has 1 aliphatic heterocycles. The van der Waals surface area contributed by atoms with E-state index in [4.69, 9.17) is 21.5 Å². The van der Waals surface area contributed by atoms with Gasteiger partial charge in [0, 0.05) is 36.3 Å². The Hall–Kier alpha value is -2.87. The number of allylic oxidation sites excluding steroid dienone is 2. The predicted molar refractivity (Wildman–Crippen MR) is 191 cm³/mol. The van der Waals surface area contributed by atoms with Crippen LogP contribution >= 0.6 is 0 Å². The number of H-pyrrole nitrogens is 1. The number of aliphatic carboxylic acids is 1. The summed E-state index contributed by atoms with van der Waals surface area (Å²) in [5, 5.41) is 19.0. The summed E-state index contributed by atoms with van der Waals surface area (Å²) in [6.45, 7) is 19.0. The number of anilines is 2. The number of fused-ring (bicyclic) bond motifs is 8. The van der Waals surface area contributed by atoms with Crippen LogP contribution in [-0.4, -0.2) is 45.4 Å². The average Bonchev–Trinajstić information content (AvgIpc) is 3.62. The summed E-state index contributed by atoms with van der Waals surface area (Å²) in [7, 11) is 0. The fourth-order valence-electron chi connectivity index (χ4n) is 13.2. The highest BCUT2D eigenvalue weighted by atomic mass is 16.4. The monoisotopic (exact) mass is 654 g/mol. The number of rotatable bonds is 3. The Bertz CT molecular complexity index is 1690. The van der Waals surface area contributed by atoms with E-state index in [1.807, 2.05) is 0 Å². The molecule has 0 radical (unpaired) electrons. The number of carbonyl (C=O) groups is 1. The molecule has 48 heavy (non-hydrogen) atoms. The predicted octanol–water partition coefficient (Wildman–Crippen LogP) is 7.35. The van der Waals surface area contributed by atoms with E-state index in [9.17, 15) is 9.90 Å². The molecule has 4 unspecified atom stereocenters. The van der Waals surface area contributed by atoms with Gasteiger partial charge < -0.3 is 21.5 Å². The number of carboxylic acid groups (broad SMARTS) is 1. The van der Waals surface area contributed by atoms with Crippen molar-refractivity contribution in [1.29, 1.82) is 0 Å². The highest BCUT2D eigenvalue weighted by Crippen LogP contribution is 2.77. The van der Waals surface area contributed by atoms with E-state index in [0.717, 1.165) is 94.6 Å². The standard InChI is InChI=1S/C40H58N6O2/c1-35(2)13-15-40(34(47)48)16-14-39(7)31(27(40)20-35)25(23-8-9-30(43-21-23)46-17-11-24(41)22-46)18-29-37(5)19-26-32(44-45-33(26)42)36(3,4)28(37)10-12-38(29,39)6/h8-9,21,24,27-29H,10-20,22,41H2,1-7H3,(H,47,48)(H3,42,44,45)/t24?,27?,28?,29?,37-,38+,39+,40-/m0/s1. The molecule has 2 aromatic heterocycles. The van der Waals surface area contributed by atoms with E-state index in [0.29, 0.717) is 11.8 Å². The Balaban J connectivity index is 1.33. The molecule has 8 atom stereocenters. The Labute approximate surface area is 286 Å². The number of carboxylic acids is 1. The number of hydrogen-bond acceptors (Lipinski definition) is 6. The van der Waals surface area contributed by atoms with E-state index in [2.05, 4.69) is 76.8 Å². The second-order valence-electron chi connectivity index (χ2n) is 19.1. The van der Waals surface area contributed by atoms with Crippen molar-refractivity contribution < 1.29 is 9.90 Å². The van der Waals surface area contributed by atoms with Gasteiger partial charge in [-0.3, -0.25) is 9.89 Å². The molecule has 3 heterocycles. The quantitative estimate of drug-likeness (QED) is 0.272. The second-order valence-corrected chi connectivity index (χ2v) is 19.1. The number of aromatic amines is 1. The Morgan fingerprint density at radius 2 is 1.75 bits per heavy atom. The van der Waals surface area contributed by atoms with Crippen LogP contribution in [0.1, 0.15) is 123 Å². The van der Waals surface area contributed by atoms with E-state index in [1.165, 1.54) is 22.3 Å². The van der Waals surface area contributed by atoms with Gasteiger partial charge in [-0.05, 0) is 127 Å². The molecule has 6 aliphatic rings. The summed E-state index contributed by atoms with van der Waals surface area (Å²) in [5.74, 6) is 2.02. The van der Waals surface area contributed by atoms with Crippen LogP contribution in [0.3, 0.4) is 0 Å². The van der Waals surface area contributed by atoms with Gasteiger partial charge in [-0.1, -0.05) is 54.0 Å². The maximum Gasteiger partial charge on any atom is 0.310 e. The number of aromatic nitrogens is 3. The zero-order valence-corrected chi connectivity index (χ0v) is 30.4. The molecule has 3 saturated carbocycles. The third-order valence-electron chi connectivity index (χ3n) is 16.0. The zero-order valence-electron chi connectivity index (χ0n) is 30.4. The van der Waals surface area contributed by atoms with Crippen molar-refractivity contribution >= 4 is 23.2 Å². The van der Waals surface area contributed by atoms with Gasteiger partial charge in [-0.25, -0.2) is 4.98 Å². The summed E-state index contributed by atoms with van der Waals surface area (Å²) in [6, 6.07) is 4.68. The third kappa shape index (κ3) is 4.13. The van der Waals surface area contributed by atoms with Crippen LogP contribution in [-0.2, 0) is 16.6 Å². The van der Waals surface area contributed by atoms with Gasteiger partial charge in [0.2, 0.25) is 0 Å².